The van der Waals surface area contributed by atoms with Crippen LogP contribution in [0.15, 0.2) is 24.3 Å². The van der Waals surface area contributed by atoms with Crippen molar-refractivity contribution in [1.29, 1.82) is 0 Å². The average molecular weight is 263 g/mol. The Labute approximate surface area is 112 Å². The maximum absolute atomic E-state index is 12.7. The molecule has 0 aliphatic rings. The molecule has 0 amide bonds. The number of benzene rings is 1. The van der Waals surface area contributed by atoms with Gasteiger partial charge in [0.15, 0.2) is 5.75 Å². The molecule has 0 aliphatic heterocycles. The Hall–Kier alpha value is -2.04. The molecule has 0 saturated heterocycles. The molecule has 0 aliphatic carbocycles. The summed E-state index contributed by atoms with van der Waals surface area (Å²) in [5, 5.41) is 7.46. The fourth-order valence-corrected chi connectivity index (χ4v) is 1.88. The monoisotopic (exact) mass is 263 g/mol. The lowest BCUT2D eigenvalue weighted by Gasteiger charge is -2.08. The first kappa shape index (κ1) is 13.4. The van der Waals surface area contributed by atoms with Gasteiger partial charge in [-0.25, -0.2) is 4.39 Å². The lowest BCUT2D eigenvalue weighted by Crippen LogP contribution is -2.12. The number of nitrogens with zero attached hydrogens (tertiary/aromatic N) is 2. The predicted molar refractivity (Wildman–Crippen MR) is 73.1 cm³/mol. The zero-order valence-electron chi connectivity index (χ0n) is 11.4. The standard InChI is InChI=1S/C14H18FN3O/c1-10-14(11(2)18(3)17-10)19-9-8-16-13-6-4-12(15)5-7-13/h4-7,16H,8-9H2,1-3H3. The van der Waals surface area contributed by atoms with Gasteiger partial charge in [-0.05, 0) is 38.1 Å². The van der Waals surface area contributed by atoms with Crippen molar-refractivity contribution in [3.05, 3.63) is 41.5 Å². The van der Waals surface area contributed by atoms with Crippen LogP contribution in [-0.2, 0) is 7.05 Å². The van der Waals surface area contributed by atoms with Gasteiger partial charge < -0.3 is 10.1 Å². The molecule has 19 heavy (non-hydrogen) atoms. The third-order valence-electron chi connectivity index (χ3n) is 2.96. The minimum atomic E-state index is -0.233. The van der Waals surface area contributed by atoms with Crippen molar-refractivity contribution in [2.24, 2.45) is 7.05 Å². The van der Waals surface area contributed by atoms with Crippen LogP contribution in [0.5, 0.6) is 5.75 Å². The lowest BCUT2D eigenvalue weighted by atomic mass is 10.3. The molecule has 5 heteroatoms. The zero-order valence-corrected chi connectivity index (χ0v) is 11.4. The van der Waals surface area contributed by atoms with Crippen molar-refractivity contribution in [1.82, 2.24) is 9.78 Å². The second-order valence-corrected chi connectivity index (χ2v) is 4.41. The maximum atomic E-state index is 12.7. The third kappa shape index (κ3) is 3.24. The van der Waals surface area contributed by atoms with Gasteiger partial charge in [-0.2, -0.15) is 5.10 Å². The van der Waals surface area contributed by atoms with E-state index in [1.807, 2.05) is 20.9 Å². The normalized spacial score (nSPS) is 10.5. The van der Waals surface area contributed by atoms with Crippen LogP contribution in [0.25, 0.3) is 0 Å². The fourth-order valence-electron chi connectivity index (χ4n) is 1.88. The van der Waals surface area contributed by atoms with E-state index in [-0.39, 0.29) is 5.82 Å². The van der Waals surface area contributed by atoms with Crippen molar-refractivity contribution < 1.29 is 9.13 Å². The highest BCUT2D eigenvalue weighted by molar-refractivity contribution is 5.42. The van der Waals surface area contributed by atoms with Crippen molar-refractivity contribution in [3.8, 4) is 5.75 Å². The summed E-state index contributed by atoms with van der Waals surface area (Å²) < 4.78 is 20.2. The number of hydrogen-bond acceptors (Lipinski definition) is 3. The molecule has 0 unspecified atom stereocenters. The average Bonchev–Trinajstić information content (AvgIpc) is 2.62. The smallest absolute Gasteiger partial charge is 0.163 e. The molecule has 1 aromatic heterocycles. The summed E-state index contributed by atoms with van der Waals surface area (Å²) in [4.78, 5) is 0. The van der Waals surface area contributed by atoms with E-state index >= 15 is 0 Å². The molecule has 0 radical (unpaired) electrons. The van der Waals surface area contributed by atoms with E-state index in [4.69, 9.17) is 4.74 Å². The molecule has 1 N–H and O–H groups in total. The van der Waals surface area contributed by atoms with Crippen LogP contribution in [0, 0.1) is 19.7 Å². The first-order valence-corrected chi connectivity index (χ1v) is 6.20. The molecular weight excluding hydrogens is 245 g/mol. The van der Waals surface area contributed by atoms with E-state index in [1.165, 1.54) is 12.1 Å². The first-order chi connectivity index (χ1) is 9.08. The number of nitrogens with one attached hydrogen (secondary N) is 1. The van der Waals surface area contributed by atoms with Gasteiger partial charge in [-0.3, -0.25) is 4.68 Å². The molecular formula is C14H18FN3O. The van der Waals surface area contributed by atoms with Gasteiger partial charge in [0.1, 0.15) is 18.1 Å². The quantitative estimate of drug-likeness (QED) is 0.843. The van der Waals surface area contributed by atoms with Crippen LogP contribution in [-0.4, -0.2) is 22.9 Å². The van der Waals surface area contributed by atoms with Gasteiger partial charge in [0.05, 0.1) is 5.69 Å². The molecule has 0 saturated carbocycles. The topological polar surface area (TPSA) is 39.1 Å². The van der Waals surface area contributed by atoms with Gasteiger partial charge in [-0.1, -0.05) is 0 Å². The molecule has 102 valence electrons. The van der Waals surface area contributed by atoms with Crippen LogP contribution in [0.4, 0.5) is 10.1 Å². The summed E-state index contributed by atoms with van der Waals surface area (Å²) in [7, 11) is 1.89. The SMILES string of the molecule is Cc1nn(C)c(C)c1OCCNc1ccc(F)cc1. The number of aromatic nitrogens is 2. The van der Waals surface area contributed by atoms with Crippen molar-refractivity contribution in [2.45, 2.75) is 13.8 Å². The molecule has 0 bridgehead atoms. The van der Waals surface area contributed by atoms with Crippen LogP contribution in [0.1, 0.15) is 11.4 Å². The molecule has 0 atom stereocenters. The second kappa shape index (κ2) is 5.73. The highest BCUT2D eigenvalue weighted by Crippen LogP contribution is 2.21. The zero-order chi connectivity index (χ0) is 13.8. The number of rotatable bonds is 5. The molecule has 1 aromatic carbocycles. The van der Waals surface area contributed by atoms with E-state index < -0.39 is 0 Å². The molecule has 1 heterocycles. The Morgan fingerprint density at radius 3 is 2.53 bits per heavy atom. The minimum absolute atomic E-state index is 0.233. The Bertz CT molecular complexity index is 549. The second-order valence-electron chi connectivity index (χ2n) is 4.41. The number of hydrogen-bond donors (Lipinski definition) is 1. The van der Waals surface area contributed by atoms with Crippen molar-refractivity contribution in [3.63, 3.8) is 0 Å². The molecule has 2 aromatic rings. The molecule has 2 rings (SSSR count). The van der Waals surface area contributed by atoms with Crippen molar-refractivity contribution in [2.75, 3.05) is 18.5 Å². The van der Waals surface area contributed by atoms with Gasteiger partial charge >= 0.3 is 0 Å². The molecule has 0 spiro atoms. The minimum Gasteiger partial charge on any atom is -0.488 e. The third-order valence-corrected chi connectivity index (χ3v) is 2.96. The largest absolute Gasteiger partial charge is 0.488 e. The Morgan fingerprint density at radius 1 is 1.26 bits per heavy atom. The summed E-state index contributed by atoms with van der Waals surface area (Å²) in [6.45, 7) is 5.09. The fraction of sp³-hybridized carbons (Fsp3) is 0.357. The Kier molecular flexibility index (Phi) is 4.04. The highest BCUT2D eigenvalue weighted by atomic mass is 19.1. The van der Waals surface area contributed by atoms with Crippen LogP contribution < -0.4 is 10.1 Å². The van der Waals surface area contributed by atoms with Gasteiger partial charge in [0.2, 0.25) is 0 Å². The summed E-state index contributed by atoms with van der Waals surface area (Å²) in [6, 6.07) is 6.27. The van der Waals surface area contributed by atoms with E-state index in [2.05, 4.69) is 10.4 Å². The van der Waals surface area contributed by atoms with Gasteiger partial charge in [-0.15, -0.1) is 0 Å². The number of ether oxygens (including phenoxy) is 1. The predicted octanol–water partition coefficient (Wildman–Crippen LogP) is 2.67. The Morgan fingerprint density at radius 2 is 1.95 bits per heavy atom. The maximum Gasteiger partial charge on any atom is 0.163 e. The summed E-state index contributed by atoms with van der Waals surface area (Å²) >= 11 is 0. The van der Waals surface area contributed by atoms with Gasteiger partial charge in [0.25, 0.3) is 0 Å². The summed E-state index contributed by atoms with van der Waals surface area (Å²) in [5.74, 6) is 0.604. The summed E-state index contributed by atoms with van der Waals surface area (Å²) in [6.07, 6.45) is 0. The summed E-state index contributed by atoms with van der Waals surface area (Å²) in [5.41, 5.74) is 2.78. The number of halogens is 1. The first-order valence-electron chi connectivity index (χ1n) is 6.20. The van der Waals surface area contributed by atoms with Crippen LogP contribution in [0.2, 0.25) is 0 Å². The van der Waals surface area contributed by atoms with E-state index in [0.29, 0.717) is 13.2 Å². The van der Waals surface area contributed by atoms with Crippen molar-refractivity contribution >= 4 is 5.69 Å². The highest BCUT2D eigenvalue weighted by Gasteiger charge is 2.09. The number of aryl methyl sites for hydroxylation is 2. The molecule has 0 fully saturated rings. The number of anilines is 1. The lowest BCUT2D eigenvalue weighted by molar-refractivity contribution is 0.328. The van der Waals surface area contributed by atoms with E-state index in [1.54, 1.807) is 16.8 Å². The van der Waals surface area contributed by atoms with Crippen LogP contribution in [0.3, 0.4) is 0 Å². The van der Waals surface area contributed by atoms with E-state index in [0.717, 1.165) is 22.8 Å². The Balaban J connectivity index is 1.82. The van der Waals surface area contributed by atoms with Gasteiger partial charge in [0, 0.05) is 19.3 Å². The van der Waals surface area contributed by atoms with E-state index in [9.17, 15) is 4.39 Å². The molecule has 4 nitrogen and oxygen atoms in total. The van der Waals surface area contributed by atoms with Crippen LogP contribution >= 0.6 is 0 Å².